The fraction of sp³-hybridized carbons (Fsp3) is 0. The first kappa shape index (κ1) is 8.97. The smallest absolute Gasteiger partial charge is 0.154 e. The number of hydrogen-bond donors (Lipinski definition) is 0. The normalized spacial score (nSPS) is 10.5. The summed E-state index contributed by atoms with van der Waals surface area (Å²) in [5.74, 6) is 0.787. The lowest BCUT2D eigenvalue weighted by Crippen LogP contribution is -1.93. The number of furan rings is 1. The van der Waals surface area contributed by atoms with E-state index in [0.29, 0.717) is 0 Å². The van der Waals surface area contributed by atoms with Gasteiger partial charge in [-0.1, -0.05) is 18.2 Å². The predicted molar refractivity (Wildman–Crippen MR) is 61.3 cm³/mol. The summed E-state index contributed by atoms with van der Waals surface area (Å²) in [5, 5.41) is 4.45. The van der Waals surface area contributed by atoms with Crippen LogP contribution < -0.4 is 0 Å². The van der Waals surface area contributed by atoms with Gasteiger partial charge >= 0.3 is 0 Å². The lowest BCUT2D eigenvalue weighted by molar-refractivity contribution is 0.579. The van der Waals surface area contributed by atoms with E-state index in [9.17, 15) is 0 Å². The van der Waals surface area contributed by atoms with Gasteiger partial charge in [-0.15, -0.1) is 0 Å². The van der Waals surface area contributed by atoms with E-state index < -0.39 is 0 Å². The lowest BCUT2D eigenvalue weighted by Gasteiger charge is -1.98. The minimum Gasteiger partial charge on any atom is -0.463 e. The van der Waals surface area contributed by atoms with Gasteiger partial charge in [0.05, 0.1) is 12.0 Å². The molecule has 3 heteroatoms. The summed E-state index contributed by atoms with van der Waals surface area (Å²) < 4.78 is 7.12. The maximum absolute atomic E-state index is 5.29. The molecule has 78 valence electrons. The van der Waals surface area contributed by atoms with Gasteiger partial charge in [-0.05, 0) is 30.3 Å². The molecular weight excluding hydrogens is 200 g/mol. The lowest BCUT2D eigenvalue weighted by atomic mass is 10.3. The van der Waals surface area contributed by atoms with E-state index in [0.717, 1.165) is 17.1 Å². The molecule has 0 unspecified atom stereocenters. The molecular formula is C13H10N2O. The minimum atomic E-state index is 0.787. The Morgan fingerprint density at radius 2 is 1.81 bits per heavy atom. The van der Waals surface area contributed by atoms with Gasteiger partial charge < -0.3 is 4.42 Å². The van der Waals surface area contributed by atoms with Crippen LogP contribution in [0.15, 0.2) is 65.4 Å². The third-order valence-corrected chi connectivity index (χ3v) is 2.38. The van der Waals surface area contributed by atoms with Gasteiger partial charge in [0.25, 0.3) is 0 Å². The standard InChI is InChI=1S/C13H10N2O/c1-2-5-11(6-3-1)15-9-8-12(14-15)13-7-4-10-16-13/h1-10H. The summed E-state index contributed by atoms with van der Waals surface area (Å²) >= 11 is 0. The van der Waals surface area contributed by atoms with Crippen molar-refractivity contribution >= 4 is 0 Å². The van der Waals surface area contributed by atoms with Gasteiger partial charge in [0, 0.05) is 6.20 Å². The Bertz CT molecular complexity index is 567. The Morgan fingerprint density at radius 3 is 2.56 bits per heavy atom. The van der Waals surface area contributed by atoms with Crippen molar-refractivity contribution < 1.29 is 4.42 Å². The van der Waals surface area contributed by atoms with E-state index in [1.165, 1.54) is 0 Å². The van der Waals surface area contributed by atoms with Crippen LogP contribution in [-0.4, -0.2) is 9.78 Å². The predicted octanol–water partition coefficient (Wildman–Crippen LogP) is 3.13. The van der Waals surface area contributed by atoms with Gasteiger partial charge in [-0.3, -0.25) is 0 Å². The van der Waals surface area contributed by atoms with Gasteiger partial charge in [-0.2, -0.15) is 5.10 Å². The molecule has 0 atom stereocenters. The highest BCUT2D eigenvalue weighted by Crippen LogP contribution is 2.18. The van der Waals surface area contributed by atoms with Gasteiger partial charge in [0.2, 0.25) is 0 Å². The fourth-order valence-corrected chi connectivity index (χ4v) is 1.60. The highest BCUT2D eigenvalue weighted by Gasteiger charge is 2.05. The molecule has 2 heterocycles. The Kier molecular flexibility index (Phi) is 2.07. The zero-order valence-electron chi connectivity index (χ0n) is 8.58. The van der Waals surface area contributed by atoms with Crippen LogP contribution >= 0.6 is 0 Å². The van der Waals surface area contributed by atoms with E-state index in [4.69, 9.17) is 4.42 Å². The third-order valence-electron chi connectivity index (χ3n) is 2.38. The monoisotopic (exact) mass is 210 g/mol. The Hall–Kier alpha value is -2.29. The average Bonchev–Trinajstić information content (AvgIpc) is 3.01. The van der Waals surface area contributed by atoms with E-state index in [-0.39, 0.29) is 0 Å². The van der Waals surface area contributed by atoms with Crippen LogP contribution in [0.2, 0.25) is 0 Å². The Morgan fingerprint density at radius 1 is 0.938 bits per heavy atom. The van der Waals surface area contributed by atoms with E-state index in [2.05, 4.69) is 5.10 Å². The summed E-state index contributed by atoms with van der Waals surface area (Å²) in [7, 11) is 0. The maximum Gasteiger partial charge on any atom is 0.154 e. The zero-order chi connectivity index (χ0) is 10.8. The zero-order valence-corrected chi connectivity index (χ0v) is 8.58. The Balaban J connectivity index is 2.00. The van der Waals surface area contributed by atoms with Crippen LogP contribution in [0.5, 0.6) is 0 Å². The molecule has 0 aliphatic carbocycles. The molecule has 0 spiro atoms. The number of hydrogen-bond acceptors (Lipinski definition) is 2. The first-order chi connectivity index (χ1) is 7.93. The third kappa shape index (κ3) is 1.52. The highest BCUT2D eigenvalue weighted by molar-refractivity contribution is 5.51. The van der Waals surface area contributed by atoms with Gasteiger partial charge in [0.1, 0.15) is 5.69 Å². The van der Waals surface area contributed by atoms with E-state index in [1.807, 2.05) is 59.4 Å². The average molecular weight is 210 g/mol. The van der Waals surface area contributed by atoms with Crippen molar-refractivity contribution in [3.8, 4) is 17.1 Å². The molecule has 3 nitrogen and oxygen atoms in total. The van der Waals surface area contributed by atoms with Crippen molar-refractivity contribution in [2.24, 2.45) is 0 Å². The van der Waals surface area contributed by atoms with Crippen LogP contribution in [0.3, 0.4) is 0 Å². The molecule has 0 aliphatic heterocycles. The van der Waals surface area contributed by atoms with Crippen LogP contribution in [0.4, 0.5) is 0 Å². The van der Waals surface area contributed by atoms with Crippen molar-refractivity contribution in [2.75, 3.05) is 0 Å². The molecule has 0 N–H and O–H groups in total. The van der Waals surface area contributed by atoms with E-state index in [1.54, 1.807) is 6.26 Å². The number of nitrogens with zero attached hydrogens (tertiary/aromatic N) is 2. The molecule has 16 heavy (non-hydrogen) atoms. The molecule has 0 saturated heterocycles. The second-order valence-electron chi connectivity index (χ2n) is 3.46. The quantitative estimate of drug-likeness (QED) is 0.650. The molecule has 0 aliphatic rings. The van der Waals surface area contributed by atoms with Crippen LogP contribution in [0, 0.1) is 0 Å². The van der Waals surface area contributed by atoms with Crippen LogP contribution in [0.25, 0.3) is 17.1 Å². The van der Waals surface area contributed by atoms with Crippen molar-refractivity contribution in [2.45, 2.75) is 0 Å². The van der Waals surface area contributed by atoms with Crippen LogP contribution in [0.1, 0.15) is 0 Å². The summed E-state index contributed by atoms with van der Waals surface area (Å²) in [4.78, 5) is 0. The minimum absolute atomic E-state index is 0.787. The van der Waals surface area contributed by atoms with E-state index >= 15 is 0 Å². The molecule has 0 fully saturated rings. The summed E-state index contributed by atoms with van der Waals surface area (Å²) in [5.41, 5.74) is 1.88. The maximum atomic E-state index is 5.29. The number of para-hydroxylation sites is 1. The number of benzene rings is 1. The topological polar surface area (TPSA) is 31.0 Å². The highest BCUT2D eigenvalue weighted by atomic mass is 16.3. The molecule has 3 aromatic rings. The SMILES string of the molecule is c1ccc(-n2ccc(-c3ccco3)n2)cc1. The van der Waals surface area contributed by atoms with Crippen molar-refractivity contribution in [3.05, 3.63) is 61.0 Å². The summed E-state index contributed by atoms with van der Waals surface area (Å²) in [6.45, 7) is 0. The largest absolute Gasteiger partial charge is 0.463 e. The Labute approximate surface area is 92.9 Å². The second kappa shape index (κ2) is 3.70. The molecule has 3 rings (SSSR count). The molecule has 0 saturated carbocycles. The van der Waals surface area contributed by atoms with Crippen molar-refractivity contribution in [3.63, 3.8) is 0 Å². The van der Waals surface area contributed by atoms with Crippen LogP contribution in [-0.2, 0) is 0 Å². The fourth-order valence-electron chi connectivity index (χ4n) is 1.60. The number of aromatic nitrogens is 2. The summed E-state index contributed by atoms with van der Waals surface area (Å²) in [6, 6.07) is 15.7. The van der Waals surface area contributed by atoms with Gasteiger partial charge in [0.15, 0.2) is 5.76 Å². The van der Waals surface area contributed by atoms with Crippen molar-refractivity contribution in [1.82, 2.24) is 9.78 Å². The van der Waals surface area contributed by atoms with Crippen molar-refractivity contribution in [1.29, 1.82) is 0 Å². The first-order valence-corrected chi connectivity index (χ1v) is 5.08. The molecule has 1 aromatic carbocycles. The molecule has 0 amide bonds. The summed E-state index contributed by atoms with van der Waals surface area (Å²) in [6.07, 6.45) is 3.57. The molecule has 0 radical (unpaired) electrons. The number of rotatable bonds is 2. The first-order valence-electron chi connectivity index (χ1n) is 5.08. The second-order valence-corrected chi connectivity index (χ2v) is 3.46. The molecule has 2 aromatic heterocycles. The molecule has 0 bridgehead atoms. The van der Waals surface area contributed by atoms with Gasteiger partial charge in [-0.25, -0.2) is 4.68 Å².